The summed E-state index contributed by atoms with van der Waals surface area (Å²) in [6, 6.07) is 6.49. The third-order valence-corrected chi connectivity index (χ3v) is 4.11. The highest BCUT2D eigenvalue weighted by Crippen LogP contribution is 2.20. The summed E-state index contributed by atoms with van der Waals surface area (Å²) in [5, 5.41) is 5.27. The number of nitrogens with zero attached hydrogens (tertiary/aromatic N) is 2. The summed E-state index contributed by atoms with van der Waals surface area (Å²) < 4.78 is 1.83. The number of carbonyl (C=O) groups excluding carboxylic acids is 3. The number of ketones is 1. The molecule has 2 heterocycles. The third-order valence-electron chi connectivity index (χ3n) is 4.11. The number of hydrogen-bond acceptors (Lipinski definition) is 4. The number of nitrogens with one attached hydrogen (secondary N) is 2. The monoisotopic (exact) mass is 340 g/mol. The predicted octanol–water partition coefficient (Wildman–Crippen LogP) is 1.54. The molecule has 2 aromatic rings. The van der Waals surface area contributed by atoms with E-state index in [-0.39, 0.29) is 11.7 Å². The Morgan fingerprint density at radius 2 is 2.00 bits per heavy atom. The van der Waals surface area contributed by atoms with Crippen LogP contribution in [0.3, 0.4) is 0 Å². The topological polar surface area (TPSA) is 93.1 Å². The lowest BCUT2D eigenvalue weighted by molar-refractivity contribution is -0.135. The summed E-state index contributed by atoms with van der Waals surface area (Å²) in [7, 11) is 0. The van der Waals surface area contributed by atoms with Gasteiger partial charge in [-0.3, -0.25) is 14.4 Å². The lowest BCUT2D eigenvalue weighted by Crippen LogP contribution is -2.33. The third kappa shape index (κ3) is 3.60. The number of Topliss-reactive ketones (excluding diaryl/α,β-unsaturated/α-hetero) is 1. The van der Waals surface area contributed by atoms with E-state index in [4.69, 9.17) is 0 Å². The quantitative estimate of drug-likeness (QED) is 0.808. The van der Waals surface area contributed by atoms with Crippen LogP contribution in [0.4, 0.5) is 5.69 Å². The van der Waals surface area contributed by atoms with Gasteiger partial charge in [0.05, 0.1) is 12.4 Å². The molecule has 7 heteroatoms. The van der Waals surface area contributed by atoms with Crippen LogP contribution < -0.4 is 10.6 Å². The van der Waals surface area contributed by atoms with E-state index in [2.05, 4.69) is 15.6 Å². The van der Waals surface area contributed by atoms with Gasteiger partial charge in [-0.1, -0.05) is 13.8 Å². The number of carbonyl (C=O) groups is 3. The summed E-state index contributed by atoms with van der Waals surface area (Å²) in [5.74, 6) is -2.50. The van der Waals surface area contributed by atoms with Gasteiger partial charge in [0.1, 0.15) is 0 Å². The van der Waals surface area contributed by atoms with Gasteiger partial charge in [-0.2, -0.15) is 0 Å². The fourth-order valence-electron chi connectivity index (χ4n) is 2.89. The van der Waals surface area contributed by atoms with Gasteiger partial charge in [-0.05, 0) is 36.6 Å². The second-order valence-electron chi connectivity index (χ2n) is 6.53. The van der Waals surface area contributed by atoms with E-state index in [9.17, 15) is 14.4 Å². The second kappa shape index (κ2) is 6.88. The highest BCUT2D eigenvalue weighted by molar-refractivity contribution is 6.26. The number of imidazole rings is 1. The molecule has 25 heavy (non-hydrogen) atoms. The van der Waals surface area contributed by atoms with E-state index in [1.165, 1.54) is 0 Å². The van der Waals surface area contributed by atoms with Gasteiger partial charge in [-0.25, -0.2) is 4.98 Å². The van der Waals surface area contributed by atoms with Crippen LogP contribution >= 0.6 is 0 Å². The van der Waals surface area contributed by atoms with Crippen molar-refractivity contribution in [2.45, 2.75) is 26.3 Å². The number of hydrogen-bond donors (Lipinski definition) is 2. The average Bonchev–Trinajstić information content (AvgIpc) is 3.17. The molecule has 2 N–H and O–H groups in total. The smallest absolute Gasteiger partial charge is 0.244 e. The predicted molar refractivity (Wildman–Crippen MR) is 92.1 cm³/mol. The van der Waals surface area contributed by atoms with Crippen molar-refractivity contribution >= 4 is 23.3 Å². The maximum absolute atomic E-state index is 12.4. The summed E-state index contributed by atoms with van der Waals surface area (Å²) in [5.41, 5.74) is 1.42. The molecule has 130 valence electrons. The highest BCUT2D eigenvalue weighted by atomic mass is 16.2. The van der Waals surface area contributed by atoms with Crippen molar-refractivity contribution in [1.29, 1.82) is 0 Å². The molecule has 0 bridgehead atoms. The van der Waals surface area contributed by atoms with E-state index in [1.54, 1.807) is 24.7 Å². The minimum Gasteiger partial charge on any atom is -0.345 e. The Hall–Kier alpha value is -2.96. The lowest BCUT2D eigenvalue weighted by atomic mass is 9.96. The summed E-state index contributed by atoms with van der Waals surface area (Å²) in [6.45, 7) is 3.93. The van der Waals surface area contributed by atoms with E-state index >= 15 is 0 Å². The Morgan fingerprint density at radius 1 is 1.28 bits per heavy atom. The highest BCUT2D eigenvalue weighted by Gasteiger charge is 2.45. The first-order valence-corrected chi connectivity index (χ1v) is 8.19. The van der Waals surface area contributed by atoms with Crippen LogP contribution in [0.5, 0.6) is 0 Å². The maximum atomic E-state index is 12.4. The summed E-state index contributed by atoms with van der Waals surface area (Å²) in [4.78, 5) is 40.7. The Labute approximate surface area is 145 Å². The van der Waals surface area contributed by atoms with Gasteiger partial charge in [0, 0.05) is 23.8 Å². The Morgan fingerprint density at radius 3 is 2.60 bits per heavy atom. The first-order valence-electron chi connectivity index (χ1n) is 8.19. The molecule has 1 fully saturated rings. The molecule has 0 spiro atoms. The molecule has 7 nitrogen and oxygen atoms in total. The molecular formula is C18H20N4O3. The van der Waals surface area contributed by atoms with E-state index in [1.807, 2.05) is 36.7 Å². The Balaban J connectivity index is 1.67. The number of aromatic nitrogens is 2. The molecule has 1 saturated heterocycles. The maximum Gasteiger partial charge on any atom is 0.244 e. The number of anilines is 1. The van der Waals surface area contributed by atoms with Crippen LogP contribution in [0.15, 0.2) is 43.0 Å². The second-order valence-corrected chi connectivity index (χ2v) is 6.53. The van der Waals surface area contributed by atoms with Crippen molar-refractivity contribution in [3.8, 4) is 5.69 Å². The Kier molecular flexibility index (Phi) is 4.65. The van der Waals surface area contributed by atoms with Crippen LogP contribution in [0.25, 0.3) is 5.69 Å². The fraction of sp³-hybridized carbons (Fsp3) is 0.333. The first kappa shape index (κ1) is 16.9. The largest absolute Gasteiger partial charge is 0.345 e. The number of benzene rings is 1. The molecule has 0 aliphatic carbocycles. The van der Waals surface area contributed by atoms with E-state index in [0.717, 1.165) is 5.69 Å². The van der Waals surface area contributed by atoms with Gasteiger partial charge in [0.2, 0.25) is 11.8 Å². The Bertz CT molecular complexity index is 781. The zero-order chi connectivity index (χ0) is 18.0. The molecule has 1 aliphatic heterocycles. The first-order chi connectivity index (χ1) is 12.0. The van der Waals surface area contributed by atoms with Crippen LogP contribution in [0, 0.1) is 11.8 Å². The number of rotatable bonds is 5. The normalized spacial score (nSPS) is 20.0. The number of amides is 2. The fourth-order valence-corrected chi connectivity index (χ4v) is 2.89. The van der Waals surface area contributed by atoms with Gasteiger partial charge >= 0.3 is 0 Å². The van der Waals surface area contributed by atoms with Crippen LogP contribution in [0.2, 0.25) is 0 Å². The summed E-state index contributed by atoms with van der Waals surface area (Å²) in [6.07, 6.45) is 5.69. The van der Waals surface area contributed by atoms with Gasteiger partial charge < -0.3 is 15.2 Å². The van der Waals surface area contributed by atoms with Gasteiger partial charge in [0.15, 0.2) is 11.7 Å². The molecule has 2 amide bonds. The van der Waals surface area contributed by atoms with Crippen molar-refractivity contribution in [3.63, 3.8) is 0 Å². The molecule has 0 saturated carbocycles. The molecule has 2 unspecified atom stereocenters. The zero-order valence-electron chi connectivity index (χ0n) is 14.1. The summed E-state index contributed by atoms with van der Waals surface area (Å²) >= 11 is 0. The lowest BCUT2D eigenvalue weighted by Gasteiger charge is -2.11. The van der Waals surface area contributed by atoms with Crippen molar-refractivity contribution in [3.05, 3.63) is 43.0 Å². The molecular weight excluding hydrogens is 320 g/mol. The van der Waals surface area contributed by atoms with E-state index in [0.29, 0.717) is 12.1 Å². The van der Waals surface area contributed by atoms with Crippen molar-refractivity contribution in [1.82, 2.24) is 14.9 Å². The molecule has 1 aliphatic rings. The van der Waals surface area contributed by atoms with Crippen LogP contribution in [-0.4, -0.2) is 33.2 Å². The SMILES string of the molecule is CC(C)CC1NC(=O)C(C(=O)Nc2ccc(-n3ccnc3)cc2)C1=O. The zero-order valence-corrected chi connectivity index (χ0v) is 14.1. The van der Waals surface area contributed by atoms with E-state index < -0.39 is 23.8 Å². The average molecular weight is 340 g/mol. The molecule has 1 aromatic heterocycles. The van der Waals surface area contributed by atoms with Crippen molar-refractivity contribution < 1.29 is 14.4 Å². The minimum atomic E-state index is -1.28. The molecule has 3 rings (SSSR count). The van der Waals surface area contributed by atoms with Crippen molar-refractivity contribution in [2.24, 2.45) is 11.8 Å². The van der Waals surface area contributed by atoms with Crippen LogP contribution in [0.1, 0.15) is 20.3 Å². The minimum absolute atomic E-state index is 0.256. The molecule has 0 radical (unpaired) electrons. The van der Waals surface area contributed by atoms with Gasteiger partial charge in [0.25, 0.3) is 0 Å². The molecule has 1 aromatic carbocycles. The van der Waals surface area contributed by atoms with Crippen molar-refractivity contribution in [2.75, 3.05) is 5.32 Å². The van der Waals surface area contributed by atoms with Gasteiger partial charge in [-0.15, -0.1) is 0 Å². The molecule has 2 atom stereocenters. The standard InChI is InChI=1S/C18H20N4O3/c1-11(2)9-14-16(23)15(18(25)21-14)17(24)20-12-3-5-13(6-4-12)22-8-7-19-10-22/h3-8,10-11,14-15H,9H2,1-2H3,(H,20,24)(H,21,25). The van der Waals surface area contributed by atoms with Crippen LogP contribution in [-0.2, 0) is 14.4 Å².